The quantitative estimate of drug-likeness (QED) is 0.0405. The number of epoxide rings is 1. The lowest BCUT2D eigenvalue weighted by Crippen LogP contribution is -2.60. The number of benzene rings is 3. The Morgan fingerprint density at radius 2 is 1.40 bits per heavy atom. The first-order chi connectivity index (χ1) is 30.1. The largest absolute Gasteiger partial charge is 0.504 e. The van der Waals surface area contributed by atoms with Crippen molar-refractivity contribution in [1.29, 1.82) is 0 Å². The number of carbonyl (C=O) groups is 6. The van der Waals surface area contributed by atoms with Crippen LogP contribution in [0.2, 0.25) is 0 Å². The molecule has 0 aromatic heterocycles. The Bertz CT molecular complexity index is 2040. The van der Waals surface area contributed by atoms with Crippen molar-refractivity contribution >= 4 is 35.4 Å². The molecule has 340 valence electrons. The third kappa shape index (κ3) is 14.7. The van der Waals surface area contributed by atoms with Crippen molar-refractivity contribution in [3.05, 3.63) is 95.6 Å². The zero-order chi connectivity index (χ0) is 45.6. The maximum Gasteiger partial charge on any atom is 0.311 e. The molecule has 63 heavy (non-hydrogen) atoms. The van der Waals surface area contributed by atoms with Gasteiger partial charge in [-0.3, -0.25) is 28.8 Å². The Balaban J connectivity index is 1.28. The second-order valence-corrected chi connectivity index (χ2v) is 17.4. The van der Waals surface area contributed by atoms with E-state index in [1.165, 1.54) is 13.0 Å². The predicted octanol–water partition coefficient (Wildman–Crippen LogP) is 3.68. The lowest BCUT2D eigenvalue weighted by atomic mass is 9.93. The average molecular weight is 871 g/mol. The number of hydrogen-bond donors (Lipinski definition) is 5. The Kier molecular flexibility index (Phi) is 17.4. The summed E-state index contributed by atoms with van der Waals surface area (Å²) in [4.78, 5) is 81.3. The van der Waals surface area contributed by atoms with Crippen LogP contribution in [-0.2, 0) is 57.6 Å². The SMILES string of the molecule is CCCC(=O)Oc1ccc(C[N+]2(CC(=O)N[C@@H](CCc3ccccc3)C(=O)N[C@@H](C)C(=O)N[C@@H](Cc3ccccc3)C(=O)N[C@@H](CC(C)C)C(=O)[C@@]3(C)CO3)CCOCC2)cc1O. The highest BCUT2D eigenvalue weighted by Crippen LogP contribution is 2.31. The van der Waals surface area contributed by atoms with Gasteiger partial charge in [0.25, 0.3) is 5.91 Å². The monoisotopic (exact) mass is 870 g/mol. The predicted molar refractivity (Wildman–Crippen MR) is 235 cm³/mol. The number of nitrogens with zero attached hydrogens (tertiary/aromatic N) is 1. The number of hydrogen-bond acceptors (Lipinski definition) is 10. The van der Waals surface area contributed by atoms with Crippen LogP contribution in [-0.4, -0.2) is 114 Å². The van der Waals surface area contributed by atoms with Gasteiger partial charge in [0.05, 0.1) is 25.9 Å². The minimum Gasteiger partial charge on any atom is -0.504 e. The number of aromatic hydroxyl groups is 1. The summed E-state index contributed by atoms with van der Waals surface area (Å²) in [7, 11) is 0. The number of esters is 1. The van der Waals surface area contributed by atoms with Gasteiger partial charge in [-0.05, 0) is 74.8 Å². The van der Waals surface area contributed by atoms with Crippen LogP contribution in [0, 0.1) is 5.92 Å². The van der Waals surface area contributed by atoms with Crippen LogP contribution >= 0.6 is 0 Å². The summed E-state index contributed by atoms with van der Waals surface area (Å²) in [5.41, 5.74) is 1.51. The van der Waals surface area contributed by atoms with Crippen molar-refractivity contribution in [2.75, 3.05) is 39.5 Å². The van der Waals surface area contributed by atoms with Gasteiger partial charge in [0.1, 0.15) is 43.4 Å². The van der Waals surface area contributed by atoms with E-state index in [2.05, 4.69) is 21.3 Å². The van der Waals surface area contributed by atoms with Crippen LogP contribution in [0.25, 0.3) is 0 Å². The normalized spacial score (nSPS) is 18.5. The number of quaternary nitrogens is 1. The molecule has 3 aromatic rings. The van der Waals surface area contributed by atoms with E-state index >= 15 is 0 Å². The molecule has 2 heterocycles. The molecule has 0 saturated carbocycles. The smallest absolute Gasteiger partial charge is 0.311 e. The Morgan fingerprint density at radius 1 is 0.778 bits per heavy atom. The number of phenols is 1. The van der Waals surface area contributed by atoms with Crippen LogP contribution in [0.15, 0.2) is 78.9 Å². The topological polar surface area (TPSA) is 202 Å². The summed E-state index contributed by atoms with van der Waals surface area (Å²) in [6.45, 7) is 11.4. The number of ether oxygens (including phenoxy) is 3. The number of rotatable bonds is 23. The van der Waals surface area contributed by atoms with Crippen molar-refractivity contribution in [2.45, 2.75) is 109 Å². The maximum atomic E-state index is 14.1. The highest BCUT2D eigenvalue weighted by molar-refractivity contribution is 5.98. The minimum absolute atomic E-state index is 0.00434. The van der Waals surface area contributed by atoms with Crippen molar-refractivity contribution < 1.29 is 52.6 Å². The zero-order valence-corrected chi connectivity index (χ0v) is 37.2. The summed E-state index contributed by atoms with van der Waals surface area (Å²) in [6.07, 6.45) is 2.05. The number of amides is 4. The number of nitrogens with one attached hydrogen (secondary N) is 4. The number of ketones is 1. The fraction of sp³-hybridized carbons (Fsp3) is 0.500. The van der Waals surface area contributed by atoms with Gasteiger partial charge in [-0.15, -0.1) is 0 Å². The van der Waals surface area contributed by atoms with E-state index in [0.29, 0.717) is 52.1 Å². The first-order valence-electron chi connectivity index (χ1n) is 22.0. The number of aryl methyl sites for hydroxylation is 1. The minimum atomic E-state index is -1.11. The first kappa shape index (κ1) is 48.4. The van der Waals surface area contributed by atoms with Crippen LogP contribution in [0.4, 0.5) is 0 Å². The lowest BCUT2D eigenvalue weighted by molar-refractivity contribution is -0.940. The molecule has 4 amide bonds. The molecule has 0 aliphatic carbocycles. The van der Waals surface area contributed by atoms with Crippen LogP contribution in [0.3, 0.4) is 0 Å². The van der Waals surface area contributed by atoms with E-state index in [1.807, 2.05) is 81.4 Å². The van der Waals surface area contributed by atoms with E-state index in [-0.39, 0.29) is 66.0 Å². The molecular weight excluding hydrogens is 807 g/mol. The fourth-order valence-electron chi connectivity index (χ4n) is 7.71. The number of carbonyl (C=O) groups excluding carboxylic acids is 6. The molecular formula is C48H64N5O10+. The van der Waals surface area contributed by atoms with Gasteiger partial charge < -0.3 is 45.1 Å². The molecule has 5 atom stereocenters. The molecule has 0 radical (unpaired) electrons. The van der Waals surface area contributed by atoms with Gasteiger partial charge in [0.2, 0.25) is 17.7 Å². The molecule has 2 fully saturated rings. The first-order valence-corrected chi connectivity index (χ1v) is 22.0. The third-order valence-electron chi connectivity index (χ3n) is 11.4. The van der Waals surface area contributed by atoms with E-state index in [9.17, 15) is 33.9 Å². The summed E-state index contributed by atoms with van der Waals surface area (Å²) < 4.78 is 16.7. The van der Waals surface area contributed by atoms with Gasteiger partial charge in [0.15, 0.2) is 23.8 Å². The van der Waals surface area contributed by atoms with Gasteiger partial charge in [-0.25, -0.2) is 0 Å². The second kappa shape index (κ2) is 22.6. The Labute approximate surface area is 370 Å². The average Bonchev–Trinajstić information content (AvgIpc) is 4.01. The molecule has 3 aromatic carbocycles. The zero-order valence-electron chi connectivity index (χ0n) is 37.2. The Hall–Kier alpha value is -5.64. The van der Waals surface area contributed by atoms with Crippen LogP contribution < -0.4 is 26.0 Å². The molecule has 0 unspecified atom stereocenters. The summed E-state index contributed by atoms with van der Waals surface area (Å²) in [6, 6.07) is 19.5. The number of Topliss-reactive ketones (excluding diaryl/α,β-unsaturated/α-hetero) is 1. The molecule has 15 nitrogen and oxygen atoms in total. The van der Waals surface area contributed by atoms with Gasteiger partial charge in [0, 0.05) is 18.4 Å². The molecule has 5 N–H and O–H groups in total. The molecule has 0 bridgehead atoms. The van der Waals surface area contributed by atoms with Crippen LogP contribution in [0.5, 0.6) is 11.5 Å². The number of phenolic OH excluding ortho intramolecular Hbond substituents is 1. The van der Waals surface area contributed by atoms with E-state index in [1.54, 1.807) is 19.1 Å². The van der Waals surface area contributed by atoms with E-state index in [0.717, 1.165) is 16.7 Å². The van der Waals surface area contributed by atoms with Gasteiger partial charge >= 0.3 is 5.97 Å². The van der Waals surface area contributed by atoms with Crippen molar-refractivity contribution in [3.8, 4) is 11.5 Å². The fourth-order valence-corrected chi connectivity index (χ4v) is 7.71. The molecule has 2 aliphatic rings. The van der Waals surface area contributed by atoms with Gasteiger partial charge in [-0.1, -0.05) is 81.4 Å². The number of morpholine rings is 1. The molecule has 2 aliphatic heterocycles. The van der Waals surface area contributed by atoms with Crippen molar-refractivity contribution in [1.82, 2.24) is 21.3 Å². The molecule has 2 saturated heterocycles. The highest BCUT2D eigenvalue weighted by Gasteiger charge is 2.50. The highest BCUT2D eigenvalue weighted by atomic mass is 16.6. The summed E-state index contributed by atoms with van der Waals surface area (Å²) in [5, 5.41) is 22.1. The van der Waals surface area contributed by atoms with Crippen LogP contribution in [0.1, 0.15) is 77.0 Å². The molecule has 5 rings (SSSR count). The maximum absolute atomic E-state index is 14.1. The third-order valence-corrected chi connectivity index (χ3v) is 11.4. The van der Waals surface area contributed by atoms with Crippen molar-refractivity contribution in [3.63, 3.8) is 0 Å². The van der Waals surface area contributed by atoms with Crippen molar-refractivity contribution in [2.24, 2.45) is 5.92 Å². The summed E-state index contributed by atoms with van der Waals surface area (Å²) >= 11 is 0. The summed E-state index contributed by atoms with van der Waals surface area (Å²) in [5.74, 6) is -2.80. The molecule has 15 heteroatoms. The second-order valence-electron chi connectivity index (χ2n) is 17.4. The molecule has 0 spiro atoms. The lowest BCUT2D eigenvalue weighted by Gasteiger charge is -2.41. The van der Waals surface area contributed by atoms with E-state index in [4.69, 9.17) is 14.2 Å². The van der Waals surface area contributed by atoms with E-state index < -0.39 is 53.5 Å². The standard InChI is InChI=1S/C48H63N5O10/c1-6-13-43(56)63-41-21-19-36(28-40(41)54)29-53(22-24-61-25-23-53)30-42(55)50-37(20-18-34-14-9-7-10-15-34)46(59)49-33(4)45(58)52-39(27-35-16-11-8-12-17-35)47(60)51-38(26-32(2)3)44(57)48(5)31-62-48/h7-12,14-17,19,21,28,32-33,37-39H,6,13,18,20,22-27,29-31H2,1-5H3,(H4-,49,50,51,52,54,55,58,59,60)/p+1/t33-,37-,38-,39-,48+/m0/s1. The van der Waals surface area contributed by atoms with Gasteiger partial charge in [-0.2, -0.15) is 0 Å². The Morgan fingerprint density at radius 3 is 2.00 bits per heavy atom.